The van der Waals surface area contributed by atoms with Gasteiger partial charge >= 0.3 is 0 Å². The van der Waals surface area contributed by atoms with Crippen LogP contribution in [0.4, 0.5) is 5.69 Å². The van der Waals surface area contributed by atoms with Crippen LogP contribution in [0.2, 0.25) is 0 Å². The van der Waals surface area contributed by atoms with Crippen LogP contribution in [0.5, 0.6) is 5.75 Å². The maximum Gasteiger partial charge on any atom is 0.241 e. The highest BCUT2D eigenvalue weighted by molar-refractivity contribution is 7.92. The van der Waals surface area contributed by atoms with Crippen molar-refractivity contribution in [1.29, 1.82) is 0 Å². The molecule has 1 unspecified atom stereocenters. The molecule has 1 atom stereocenters. The van der Waals surface area contributed by atoms with Gasteiger partial charge in [0.05, 0.1) is 18.0 Å². The number of benzene rings is 2. The summed E-state index contributed by atoms with van der Waals surface area (Å²) in [6.07, 6.45) is 1.73. The number of anilines is 1. The van der Waals surface area contributed by atoms with Crippen LogP contribution in [0.1, 0.15) is 62.8 Å². The molecule has 2 aromatic carbocycles. The van der Waals surface area contributed by atoms with E-state index in [2.05, 4.69) is 5.32 Å². The van der Waals surface area contributed by atoms with Crippen molar-refractivity contribution in [3.05, 3.63) is 59.2 Å². The largest absolute Gasteiger partial charge is 0.487 e. The summed E-state index contributed by atoms with van der Waals surface area (Å²) >= 11 is 0. The van der Waals surface area contributed by atoms with Gasteiger partial charge in [-0.25, -0.2) is 8.42 Å². The second kappa shape index (κ2) is 8.54. The third kappa shape index (κ3) is 5.39. The minimum absolute atomic E-state index is 0.120. The number of hydrogen-bond acceptors (Lipinski definition) is 4. The van der Waals surface area contributed by atoms with Gasteiger partial charge in [-0.05, 0) is 49.9 Å². The van der Waals surface area contributed by atoms with Crippen LogP contribution in [-0.2, 0) is 14.8 Å². The topological polar surface area (TPSA) is 75.7 Å². The van der Waals surface area contributed by atoms with Crippen molar-refractivity contribution < 1.29 is 17.9 Å². The molecule has 3 rings (SSSR count). The number of rotatable bonds is 6. The Balaban J connectivity index is 1.88. The number of carbonyl (C=O) groups is 1. The van der Waals surface area contributed by atoms with Gasteiger partial charge in [-0.3, -0.25) is 9.10 Å². The molecule has 168 valence electrons. The SMILES string of the molecule is Cc1ccc2c(c1)OC(C)(C)CC2NC(=O)CN(c1ccccc1C(C)C)S(C)(=O)=O. The molecule has 0 fully saturated rings. The number of nitrogens with one attached hydrogen (secondary N) is 1. The third-order valence-electron chi connectivity index (χ3n) is 5.48. The van der Waals surface area contributed by atoms with Crippen LogP contribution < -0.4 is 14.4 Å². The molecular weight excluding hydrogens is 412 g/mol. The van der Waals surface area contributed by atoms with Gasteiger partial charge in [-0.15, -0.1) is 0 Å². The van der Waals surface area contributed by atoms with E-state index in [1.807, 2.05) is 65.0 Å². The summed E-state index contributed by atoms with van der Waals surface area (Å²) in [6.45, 7) is 9.69. The second-order valence-electron chi connectivity index (χ2n) is 9.21. The highest BCUT2D eigenvalue weighted by Gasteiger charge is 2.35. The van der Waals surface area contributed by atoms with E-state index in [1.54, 1.807) is 12.1 Å². The zero-order chi connectivity index (χ0) is 23.0. The van der Waals surface area contributed by atoms with E-state index in [0.717, 1.165) is 28.7 Å². The molecular formula is C24H32N2O4S. The predicted molar refractivity (Wildman–Crippen MR) is 124 cm³/mol. The first-order valence-electron chi connectivity index (χ1n) is 10.5. The summed E-state index contributed by atoms with van der Waals surface area (Å²) in [6, 6.07) is 13.0. The molecule has 0 radical (unpaired) electrons. The fraction of sp³-hybridized carbons (Fsp3) is 0.458. The van der Waals surface area contributed by atoms with E-state index >= 15 is 0 Å². The Morgan fingerprint density at radius 2 is 1.90 bits per heavy atom. The number of hydrogen-bond donors (Lipinski definition) is 1. The van der Waals surface area contributed by atoms with Crippen molar-refractivity contribution in [1.82, 2.24) is 5.32 Å². The maximum absolute atomic E-state index is 13.1. The van der Waals surface area contributed by atoms with Gasteiger partial charge in [-0.2, -0.15) is 0 Å². The van der Waals surface area contributed by atoms with E-state index in [1.165, 1.54) is 4.31 Å². The molecule has 1 amide bonds. The lowest BCUT2D eigenvalue weighted by molar-refractivity contribution is -0.120. The molecule has 1 aliphatic heterocycles. The van der Waals surface area contributed by atoms with E-state index in [0.29, 0.717) is 12.1 Å². The van der Waals surface area contributed by atoms with Crippen molar-refractivity contribution in [3.8, 4) is 5.75 Å². The maximum atomic E-state index is 13.1. The van der Waals surface area contributed by atoms with Crippen molar-refractivity contribution in [3.63, 3.8) is 0 Å². The van der Waals surface area contributed by atoms with Gasteiger partial charge in [0.2, 0.25) is 15.9 Å². The molecule has 6 nitrogen and oxygen atoms in total. The number of amides is 1. The lowest BCUT2D eigenvalue weighted by Gasteiger charge is -2.38. The summed E-state index contributed by atoms with van der Waals surface area (Å²) in [5, 5.41) is 3.05. The average molecular weight is 445 g/mol. The molecule has 0 aromatic heterocycles. The highest BCUT2D eigenvalue weighted by Crippen LogP contribution is 2.40. The first-order valence-corrected chi connectivity index (χ1v) is 12.4. The molecule has 2 aromatic rings. The Bertz CT molecular complexity index is 1080. The molecule has 7 heteroatoms. The predicted octanol–water partition coefficient (Wildman–Crippen LogP) is 4.30. The van der Waals surface area contributed by atoms with Crippen LogP contribution in [-0.4, -0.2) is 32.7 Å². The van der Waals surface area contributed by atoms with E-state index < -0.39 is 15.6 Å². The summed E-state index contributed by atoms with van der Waals surface area (Å²) in [4.78, 5) is 13.1. The third-order valence-corrected chi connectivity index (χ3v) is 6.60. The second-order valence-corrected chi connectivity index (χ2v) is 11.1. The highest BCUT2D eigenvalue weighted by atomic mass is 32.2. The molecule has 0 saturated carbocycles. The Kier molecular flexibility index (Phi) is 6.37. The van der Waals surface area contributed by atoms with Gasteiger partial charge in [0.15, 0.2) is 0 Å². The van der Waals surface area contributed by atoms with Crippen molar-refractivity contribution in [2.24, 2.45) is 0 Å². The van der Waals surface area contributed by atoms with Gasteiger partial charge in [0.25, 0.3) is 0 Å². The lowest BCUT2D eigenvalue weighted by Crippen LogP contribution is -2.45. The van der Waals surface area contributed by atoms with Crippen molar-refractivity contribution in [2.75, 3.05) is 17.1 Å². The molecule has 1 aliphatic rings. The molecule has 1 heterocycles. The average Bonchev–Trinajstić information content (AvgIpc) is 2.63. The number of para-hydroxylation sites is 1. The number of fused-ring (bicyclic) bond motifs is 1. The molecule has 0 aliphatic carbocycles. The molecule has 31 heavy (non-hydrogen) atoms. The van der Waals surface area contributed by atoms with Gasteiger partial charge < -0.3 is 10.1 Å². The van der Waals surface area contributed by atoms with E-state index in [-0.39, 0.29) is 24.4 Å². The minimum atomic E-state index is -3.65. The monoisotopic (exact) mass is 444 g/mol. The summed E-state index contributed by atoms with van der Waals surface area (Å²) in [7, 11) is -3.65. The number of aryl methyl sites for hydroxylation is 1. The van der Waals surface area contributed by atoms with Crippen LogP contribution >= 0.6 is 0 Å². The fourth-order valence-corrected chi connectivity index (χ4v) is 4.92. The molecule has 1 N–H and O–H groups in total. The zero-order valence-corrected chi connectivity index (χ0v) is 19.9. The number of ether oxygens (including phenoxy) is 1. The fourth-order valence-electron chi connectivity index (χ4n) is 4.04. The summed E-state index contributed by atoms with van der Waals surface area (Å²) in [5.74, 6) is 0.528. The summed E-state index contributed by atoms with van der Waals surface area (Å²) in [5.41, 5.74) is 2.97. The zero-order valence-electron chi connectivity index (χ0n) is 19.1. The first kappa shape index (κ1) is 23.1. The minimum Gasteiger partial charge on any atom is -0.487 e. The van der Waals surface area contributed by atoms with Crippen molar-refractivity contribution >= 4 is 21.6 Å². The number of nitrogens with zero attached hydrogens (tertiary/aromatic N) is 1. The number of sulfonamides is 1. The normalized spacial score (nSPS) is 17.6. The Hall–Kier alpha value is -2.54. The quantitative estimate of drug-likeness (QED) is 0.721. The molecule has 0 saturated heterocycles. The molecule has 0 spiro atoms. The number of carbonyl (C=O) groups excluding carboxylic acids is 1. The summed E-state index contributed by atoms with van der Waals surface area (Å²) < 4.78 is 32.5. The van der Waals surface area contributed by atoms with Crippen molar-refractivity contribution in [2.45, 2.75) is 58.6 Å². The van der Waals surface area contributed by atoms with Crippen LogP contribution in [0.3, 0.4) is 0 Å². The standard InChI is InChI=1S/C24H32N2O4S/c1-16(2)18-9-7-8-10-21(18)26(31(6,28)29)15-23(27)25-20-14-24(4,5)30-22-13-17(3)11-12-19(20)22/h7-13,16,20H,14-15H2,1-6H3,(H,25,27). The van der Waals surface area contributed by atoms with E-state index in [4.69, 9.17) is 4.74 Å². The Morgan fingerprint density at radius 1 is 1.23 bits per heavy atom. The van der Waals surface area contributed by atoms with Gasteiger partial charge in [0, 0.05) is 12.0 Å². The molecule has 0 bridgehead atoms. The lowest BCUT2D eigenvalue weighted by atomic mass is 9.89. The smallest absolute Gasteiger partial charge is 0.241 e. The Labute approximate surface area is 185 Å². The van der Waals surface area contributed by atoms with Crippen LogP contribution in [0.25, 0.3) is 0 Å². The van der Waals surface area contributed by atoms with E-state index in [9.17, 15) is 13.2 Å². The van der Waals surface area contributed by atoms with Gasteiger partial charge in [0.1, 0.15) is 17.9 Å². The Morgan fingerprint density at radius 3 is 2.55 bits per heavy atom. The van der Waals surface area contributed by atoms with Crippen LogP contribution in [0.15, 0.2) is 42.5 Å². The van der Waals surface area contributed by atoms with Gasteiger partial charge in [-0.1, -0.05) is 44.2 Å². The van der Waals surface area contributed by atoms with Crippen LogP contribution in [0, 0.1) is 6.92 Å². The first-order chi connectivity index (χ1) is 14.4.